The number of aryl methyl sites for hydroxylation is 1. The van der Waals surface area contributed by atoms with Crippen molar-refractivity contribution in [1.82, 2.24) is 18.7 Å². The number of aromatic nitrogens is 4. The molecule has 10 heteroatoms. The molecule has 9 nitrogen and oxygen atoms in total. The fourth-order valence-electron chi connectivity index (χ4n) is 2.98. The van der Waals surface area contributed by atoms with Crippen LogP contribution in [0.1, 0.15) is 5.56 Å². The van der Waals surface area contributed by atoms with Gasteiger partial charge in [0.25, 0.3) is 10.0 Å². The number of rotatable bonds is 6. The molecule has 0 atom stereocenters. The summed E-state index contributed by atoms with van der Waals surface area (Å²) in [4.78, 5) is 16.4. The van der Waals surface area contributed by atoms with Crippen LogP contribution in [0.4, 0.5) is 11.4 Å². The highest BCUT2D eigenvalue weighted by Crippen LogP contribution is 2.20. The van der Waals surface area contributed by atoms with E-state index in [0.717, 1.165) is 9.54 Å². The number of carbonyl (C=O) groups is 1. The van der Waals surface area contributed by atoms with E-state index in [1.54, 1.807) is 60.5 Å². The zero-order valence-electron chi connectivity index (χ0n) is 17.1. The summed E-state index contributed by atoms with van der Waals surface area (Å²) in [7, 11) is -2.03. The molecule has 4 aromatic rings. The first-order valence-corrected chi connectivity index (χ1v) is 11.0. The second-order valence-corrected chi connectivity index (χ2v) is 8.81. The predicted octanol–water partition coefficient (Wildman–Crippen LogP) is 2.75. The quantitative estimate of drug-likeness (QED) is 0.345. The zero-order valence-corrected chi connectivity index (χ0v) is 17.9. The van der Waals surface area contributed by atoms with E-state index < -0.39 is 10.0 Å². The molecule has 0 aliphatic rings. The third-order valence-corrected chi connectivity index (χ3v) is 6.27. The monoisotopic (exact) mass is 448 g/mol. The Labute approximate surface area is 184 Å². The van der Waals surface area contributed by atoms with Crippen LogP contribution in [0.25, 0.3) is 17.3 Å². The van der Waals surface area contributed by atoms with Crippen LogP contribution in [0.2, 0.25) is 0 Å². The number of carbonyl (C=O) groups excluding carboxylic acids is 1. The molecule has 0 radical (unpaired) electrons. The third-order valence-electron chi connectivity index (χ3n) is 4.65. The summed E-state index contributed by atoms with van der Waals surface area (Å²) in [5, 5.41) is 6.76. The molecule has 3 heterocycles. The maximum atomic E-state index is 12.9. The molecule has 0 aliphatic heterocycles. The number of nitrogen functional groups attached to an aromatic ring is 1. The van der Waals surface area contributed by atoms with Crippen molar-refractivity contribution in [2.75, 3.05) is 11.1 Å². The van der Waals surface area contributed by atoms with Crippen molar-refractivity contribution >= 4 is 33.4 Å². The SMILES string of the molecule is Cn1cc(-c2ccc(S(=O)(=O)n3ccc(/C=C/C(=O)Nc4ccccc4N)c3)cn2)cn1. The Bertz CT molecular complexity index is 1400. The lowest BCUT2D eigenvalue weighted by Gasteiger charge is -2.06. The van der Waals surface area contributed by atoms with Crippen molar-refractivity contribution in [1.29, 1.82) is 0 Å². The summed E-state index contributed by atoms with van der Waals surface area (Å²) >= 11 is 0. The summed E-state index contributed by atoms with van der Waals surface area (Å²) in [6, 6.07) is 11.6. The molecule has 162 valence electrons. The van der Waals surface area contributed by atoms with E-state index in [1.165, 1.54) is 36.8 Å². The predicted molar refractivity (Wildman–Crippen MR) is 122 cm³/mol. The molecular weight excluding hydrogens is 428 g/mol. The number of nitrogens with zero attached hydrogens (tertiary/aromatic N) is 4. The Balaban J connectivity index is 1.48. The molecule has 32 heavy (non-hydrogen) atoms. The largest absolute Gasteiger partial charge is 0.397 e. The van der Waals surface area contributed by atoms with E-state index in [-0.39, 0.29) is 10.8 Å². The Morgan fingerprint density at radius 1 is 1.09 bits per heavy atom. The summed E-state index contributed by atoms with van der Waals surface area (Å²) < 4.78 is 28.5. The Morgan fingerprint density at radius 3 is 2.59 bits per heavy atom. The Hall–Kier alpha value is -4.18. The van der Waals surface area contributed by atoms with Gasteiger partial charge in [0.05, 0.1) is 23.3 Å². The van der Waals surface area contributed by atoms with Gasteiger partial charge in [0.15, 0.2) is 0 Å². The van der Waals surface area contributed by atoms with Crippen molar-refractivity contribution < 1.29 is 13.2 Å². The number of amides is 1. The van der Waals surface area contributed by atoms with Gasteiger partial charge in [0.2, 0.25) is 5.91 Å². The average molecular weight is 449 g/mol. The summed E-state index contributed by atoms with van der Waals surface area (Å²) in [6.45, 7) is 0. The number of nitrogens with two attached hydrogens (primary N) is 1. The minimum Gasteiger partial charge on any atom is -0.397 e. The molecular formula is C22H20N6O3S. The summed E-state index contributed by atoms with van der Waals surface area (Å²) in [6.07, 6.45) is 10.4. The first-order chi connectivity index (χ1) is 15.3. The molecule has 1 amide bonds. The van der Waals surface area contributed by atoms with Gasteiger partial charge in [0, 0.05) is 43.5 Å². The van der Waals surface area contributed by atoms with Crippen molar-refractivity contribution in [3.8, 4) is 11.3 Å². The first-order valence-electron chi connectivity index (χ1n) is 9.55. The average Bonchev–Trinajstić information content (AvgIpc) is 3.44. The van der Waals surface area contributed by atoms with Crippen molar-refractivity contribution in [2.45, 2.75) is 4.90 Å². The van der Waals surface area contributed by atoms with Crippen LogP contribution in [0.5, 0.6) is 0 Å². The fraction of sp³-hybridized carbons (Fsp3) is 0.0455. The Morgan fingerprint density at radius 2 is 1.91 bits per heavy atom. The number of hydrogen-bond donors (Lipinski definition) is 2. The molecule has 0 saturated carbocycles. The van der Waals surface area contributed by atoms with Crippen molar-refractivity contribution in [2.24, 2.45) is 7.05 Å². The lowest BCUT2D eigenvalue weighted by Crippen LogP contribution is -2.11. The molecule has 0 unspecified atom stereocenters. The normalized spacial score (nSPS) is 11.7. The fourth-order valence-corrected chi connectivity index (χ4v) is 4.13. The second-order valence-electron chi connectivity index (χ2n) is 6.97. The minimum atomic E-state index is -3.82. The van der Waals surface area contributed by atoms with Gasteiger partial charge in [-0.25, -0.2) is 12.4 Å². The molecule has 0 fully saturated rings. The molecule has 0 bridgehead atoms. The van der Waals surface area contributed by atoms with Crippen LogP contribution in [-0.4, -0.2) is 33.1 Å². The smallest absolute Gasteiger partial charge is 0.269 e. The van der Waals surface area contributed by atoms with E-state index in [0.29, 0.717) is 22.6 Å². The van der Waals surface area contributed by atoms with Gasteiger partial charge < -0.3 is 11.1 Å². The third kappa shape index (κ3) is 4.44. The van der Waals surface area contributed by atoms with E-state index in [9.17, 15) is 13.2 Å². The lowest BCUT2D eigenvalue weighted by atomic mass is 10.2. The van der Waals surface area contributed by atoms with Gasteiger partial charge in [-0.3, -0.25) is 14.5 Å². The van der Waals surface area contributed by atoms with E-state index >= 15 is 0 Å². The highest BCUT2D eigenvalue weighted by molar-refractivity contribution is 7.90. The van der Waals surface area contributed by atoms with Gasteiger partial charge in [-0.1, -0.05) is 12.1 Å². The lowest BCUT2D eigenvalue weighted by molar-refractivity contribution is -0.111. The van der Waals surface area contributed by atoms with Crippen LogP contribution in [-0.2, 0) is 21.9 Å². The van der Waals surface area contributed by atoms with E-state index in [1.807, 2.05) is 0 Å². The molecule has 3 N–H and O–H groups in total. The number of hydrogen-bond acceptors (Lipinski definition) is 6. The highest BCUT2D eigenvalue weighted by Gasteiger charge is 2.17. The van der Waals surface area contributed by atoms with Gasteiger partial charge >= 0.3 is 0 Å². The number of pyridine rings is 1. The maximum absolute atomic E-state index is 12.9. The van der Waals surface area contributed by atoms with Crippen LogP contribution in [0.15, 0.2) is 84.4 Å². The summed E-state index contributed by atoms with van der Waals surface area (Å²) in [5.74, 6) is -0.381. The molecule has 0 saturated heterocycles. The molecule has 4 rings (SSSR count). The van der Waals surface area contributed by atoms with Gasteiger partial charge in [-0.2, -0.15) is 5.10 Å². The maximum Gasteiger partial charge on any atom is 0.269 e. The highest BCUT2D eigenvalue weighted by atomic mass is 32.2. The molecule has 3 aromatic heterocycles. The van der Waals surface area contributed by atoms with Crippen molar-refractivity contribution in [3.63, 3.8) is 0 Å². The van der Waals surface area contributed by atoms with E-state index in [2.05, 4.69) is 15.4 Å². The number of nitrogens with one attached hydrogen (secondary N) is 1. The van der Waals surface area contributed by atoms with Crippen molar-refractivity contribution in [3.05, 3.63) is 85.1 Å². The van der Waals surface area contributed by atoms with Gasteiger partial charge in [-0.05, 0) is 42.0 Å². The number of para-hydroxylation sites is 2. The zero-order chi connectivity index (χ0) is 22.7. The van der Waals surface area contributed by atoms with E-state index in [4.69, 9.17) is 5.73 Å². The van der Waals surface area contributed by atoms with Crippen LogP contribution in [0.3, 0.4) is 0 Å². The second kappa shape index (κ2) is 8.52. The van der Waals surface area contributed by atoms with Crippen LogP contribution in [0, 0.1) is 0 Å². The first kappa shape index (κ1) is 21.1. The molecule has 0 spiro atoms. The van der Waals surface area contributed by atoms with Gasteiger partial charge in [0.1, 0.15) is 4.90 Å². The minimum absolute atomic E-state index is 0.0496. The molecule has 0 aliphatic carbocycles. The standard InChI is InChI=1S/C22H20N6O3S/c1-27-15-17(12-25-27)20-8-7-18(13-24-20)32(30,31)28-11-10-16(14-28)6-9-22(29)26-21-5-3-2-4-19(21)23/h2-15H,23H2,1H3,(H,26,29)/b9-6+. The topological polar surface area (TPSA) is 125 Å². The number of anilines is 2. The van der Waals surface area contributed by atoms with Crippen LogP contribution < -0.4 is 11.1 Å². The summed E-state index contributed by atoms with van der Waals surface area (Å²) in [5.41, 5.74) is 8.73. The van der Waals surface area contributed by atoms with Crippen LogP contribution >= 0.6 is 0 Å². The Kier molecular flexibility index (Phi) is 5.61. The number of benzene rings is 1. The molecule has 1 aromatic carbocycles. The van der Waals surface area contributed by atoms with Gasteiger partial charge in [-0.15, -0.1) is 0 Å².